The molecule has 3 aromatic rings. The molecule has 2 heterocycles. The summed E-state index contributed by atoms with van der Waals surface area (Å²) in [5.74, 6) is -2.93. The number of likely N-dealkylation sites (tertiary alicyclic amines) is 1. The average molecular weight is 523 g/mol. The van der Waals surface area contributed by atoms with Crippen LogP contribution in [-0.4, -0.2) is 48.3 Å². The molecular weight excluding hydrogens is 491 g/mol. The molecule has 4 nitrogen and oxygen atoms in total. The fraction of sp³-hybridized carbons (Fsp3) is 0.464. The van der Waals surface area contributed by atoms with Crippen molar-refractivity contribution in [1.29, 1.82) is 0 Å². The number of aromatic nitrogens is 1. The molecule has 200 valence electrons. The first-order valence-electron chi connectivity index (χ1n) is 12.5. The third-order valence-electron chi connectivity index (χ3n) is 7.57. The van der Waals surface area contributed by atoms with Crippen molar-refractivity contribution in [3.05, 3.63) is 70.9 Å². The maximum absolute atomic E-state index is 15.4. The first kappa shape index (κ1) is 27.3. The van der Waals surface area contributed by atoms with E-state index in [9.17, 15) is 22.7 Å². The minimum atomic E-state index is -1.57. The van der Waals surface area contributed by atoms with Crippen molar-refractivity contribution < 1.29 is 31.8 Å². The van der Waals surface area contributed by atoms with Crippen LogP contribution in [0.25, 0.3) is 10.9 Å². The van der Waals surface area contributed by atoms with Crippen molar-refractivity contribution in [3.8, 4) is 5.75 Å². The monoisotopic (exact) mass is 522 g/mol. The number of rotatable bonds is 10. The molecule has 9 heteroatoms. The number of pyridine rings is 1. The SMILES string of the molecule is COc1ccc2ncc(F)c([C@@H](F)CCC3(CO)CCN(CCCc4c(F)cc(F)cc4F)CC3)c2c1. The summed E-state index contributed by atoms with van der Waals surface area (Å²) in [7, 11) is 1.48. The number of alkyl halides is 1. The van der Waals surface area contributed by atoms with Gasteiger partial charge in [0.2, 0.25) is 0 Å². The van der Waals surface area contributed by atoms with Crippen molar-refractivity contribution in [1.82, 2.24) is 9.88 Å². The molecule has 1 fully saturated rings. The summed E-state index contributed by atoms with van der Waals surface area (Å²) in [5, 5.41) is 10.5. The number of benzene rings is 2. The van der Waals surface area contributed by atoms with Gasteiger partial charge in [0.05, 0.1) is 18.8 Å². The second-order valence-corrected chi connectivity index (χ2v) is 9.86. The lowest BCUT2D eigenvalue weighted by atomic mass is 9.74. The molecule has 37 heavy (non-hydrogen) atoms. The van der Waals surface area contributed by atoms with E-state index in [0.717, 1.165) is 6.20 Å². The second kappa shape index (κ2) is 11.7. The van der Waals surface area contributed by atoms with Crippen LogP contribution in [0, 0.1) is 28.7 Å². The molecule has 1 atom stereocenters. The Morgan fingerprint density at radius 1 is 1.05 bits per heavy atom. The van der Waals surface area contributed by atoms with E-state index in [1.165, 1.54) is 7.11 Å². The van der Waals surface area contributed by atoms with Gasteiger partial charge in [-0.1, -0.05) is 0 Å². The van der Waals surface area contributed by atoms with E-state index < -0.39 is 34.9 Å². The normalized spacial score (nSPS) is 16.7. The van der Waals surface area contributed by atoms with Crippen molar-refractivity contribution in [3.63, 3.8) is 0 Å². The Morgan fingerprint density at radius 2 is 1.76 bits per heavy atom. The minimum absolute atomic E-state index is 0.0466. The number of hydrogen-bond donors (Lipinski definition) is 1. The molecule has 0 unspecified atom stereocenters. The zero-order chi connectivity index (χ0) is 26.6. The number of hydrogen-bond acceptors (Lipinski definition) is 4. The lowest BCUT2D eigenvalue weighted by Gasteiger charge is -2.41. The highest BCUT2D eigenvalue weighted by Gasteiger charge is 2.35. The van der Waals surface area contributed by atoms with Crippen LogP contribution < -0.4 is 4.74 Å². The van der Waals surface area contributed by atoms with Crippen LogP contribution in [0.4, 0.5) is 22.0 Å². The van der Waals surface area contributed by atoms with Crippen LogP contribution in [0.5, 0.6) is 5.75 Å². The first-order valence-corrected chi connectivity index (χ1v) is 12.5. The number of nitrogens with zero attached hydrogens (tertiary/aromatic N) is 2. The van der Waals surface area contributed by atoms with Gasteiger partial charge in [0.25, 0.3) is 0 Å². The largest absolute Gasteiger partial charge is 0.497 e. The van der Waals surface area contributed by atoms with Gasteiger partial charge >= 0.3 is 0 Å². The summed E-state index contributed by atoms with van der Waals surface area (Å²) in [6.07, 6.45) is 1.80. The van der Waals surface area contributed by atoms with E-state index in [0.29, 0.717) is 74.1 Å². The van der Waals surface area contributed by atoms with Crippen LogP contribution in [0.2, 0.25) is 0 Å². The Labute approximate surface area is 213 Å². The molecule has 1 aliphatic rings. The Hall–Kier alpha value is -2.78. The Bertz CT molecular complexity index is 1210. The van der Waals surface area contributed by atoms with Gasteiger partial charge in [-0.2, -0.15) is 0 Å². The van der Waals surface area contributed by atoms with Crippen molar-refractivity contribution in [2.75, 3.05) is 33.4 Å². The Kier molecular flexibility index (Phi) is 8.64. The van der Waals surface area contributed by atoms with Gasteiger partial charge < -0.3 is 14.7 Å². The van der Waals surface area contributed by atoms with Crippen LogP contribution in [-0.2, 0) is 6.42 Å². The third kappa shape index (κ3) is 6.21. The predicted molar refractivity (Wildman–Crippen MR) is 131 cm³/mol. The number of aliphatic hydroxyl groups is 1. The number of halogens is 5. The smallest absolute Gasteiger partial charge is 0.148 e. The fourth-order valence-corrected chi connectivity index (χ4v) is 5.22. The molecule has 0 radical (unpaired) electrons. The molecule has 0 amide bonds. The maximum Gasteiger partial charge on any atom is 0.148 e. The molecule has 1 aromatic heterocycles. The highest BCUT2D eigenvalue weighted by atomic mass is 19.2. The van der Waals surface area contributed by atoms with E-state index in [-0.39, 0.29) is 30.6 Å². The summed E-state index contributed by atoms with van der Waals surface area (Å²) in [4.78, 5) is 6.18. The molecule has 0 saturated carbocycles. The van der Waals surface area contributed by atoms with Gasteiger partial charge in [0.1, 0.15) is 35.2 Å². The van der Waals surface area contributed by atoms with Crippen molar-refractivity contribution in [2.24, 2.45) is 5.41 Å². The Balaban J connectivity index is 1.33. The van der Waals surface area contributed by atoms with Crippen LogP contribution in [0.1, 0.15) is 49.4 Å². The Morgan fingerprint density at radius 3 is 2.41 bits per heavy atom. The van der Waals surface area contributed by atoms with Gasteiger partial charge in [0, 0.05) is 35.3 Å². The molecule has 1 saturated heterocycles. The van der Waals surface area contributed by atoms with E-state index in [2.05, 4.69) is 9.88 Å². The van der Waals surface area contributed by atoms with E-state index in [1.807, 2.05) is 0 Å². The lowest BCUT2D eigenvalue weighted by Crippen LogP contribution is -2.42. The van der Waals surface area contributed by atoms with Gasteiger partial charge in [-0.05, 0) is 81.8 Å². The number of ether oxygens (including phenoxy) is 1. The van der Waals surface area contributed by atoms with Crippen LogP contribution in [0.15, 0.2) is 36.5 Å². The number of fused-ring (bicyclic) bond motifs is 1. The molecule has 0 spiro atoms. The first-order chi connectivity index (χ1) is 17.7. The standard InChI is InChI=1S/C28H31F5N2O2/c1-37-19-4-5-26-21(15-19)27(25(33)16-34-26)22(30)6-7-28(17-36)8-11-35(12-9-28)10-2-3-20-23(31)13-18(29)14-24(20)32/h4-5,13-16,22,36H,2-3,6-12,17H2,1H3/t22-/m0/s1. The molecule has 4 rings (SSSR count). The van der Waals surface area contributed by atoms with Crippen LogP contribution >= 0.6 is 0 Å². The summed E-state index contributed by atoms with van der Waals surface area (Å²) in [5.41, 5.74) is -0.168. The fourth-order valence-electron chi connectivity index (χ4n) is 5.22. The number of aliphatic hydroxyl groups excluding tert-OH is 1. The number of piperidine rings is 1. The summed E-state index contributed by atoms with van der Waals surface area (Å²) >= 11 is 0. The molecule has 1 aliphatic heterocycles. The zero-order valence-corrected chi connectivity index (χ0v) is 20.8. The van der Waals surface area contributed by atoms with Crippen molar-refractivity contribution in [2.45, 2.75) is 44.7 Å². The summed E-state index contributed by atoms with van der Waals surface area (Å²) in [6, 6.07) is 6.30. The topological polar surface area (TPSA) is 45.6 Å². The molecule has 0 aliphatic carbocycles. The quantitative estimate of drug-likeness (QED) is 0.318. The van der Waals surface area contributed by atoms with E-state index in [4.69, 9.17) is 4.74 Å². The predicted octanol–water partition coefficient (Wildman–Crippen LogP) is 6.30. The minimum Gasteiger partial charge on any atom is -0.497 e. The highest BCUT2D eigenvalue weighted by molar-refractivity contribution is 5.84. The lowest BCUT2D eigenvalue weighted by molar-refractivity contribution is 0.0298. The second-order valence-electron chi connectivity index (χ2n) is 9.86. The average Bonchev–Trinajstić information content (AvgIpc) is 2.89. The third-order valence-corrected chi connectivity index (χ3v) is 7.57. The van der Waals surface area contributed by atoms with Crippen LogP contribution in [0.3, 0.4) is 0 Å². The van der Waals surface area contributed by atoms with Gasteiger partial charge in [-0.3, -0.25) is 4.98 Å². The van der Waals surface area contributed by atoms with E-state index in [1.54, 1.807) is 18.2 Å². The molecule has 2 aromatic carbocycles. The highest BCUT2D eigenvalue weighted by Crippen LogP contribution is 2.40. The molecular formula is C28H31F5N2O2. The van der Waals surface area contributed by atoms with E-state index >= 15 is 4.39 Å². The molecule has 1 N–H and O–H groups in total. The van der Waals surface area contributed by atoms with Gasteiger partial charge in [0.15, 0.2) is 0 Å². The number of methoxy groups -OCH3 is 1. The maximum atomic E-state index is 15.4. The zero-order valence-electron chi connectivity index (χ0n) is 20.8. The van der Waals surface area contributed by atoms with Crippen molar-refractivity contribution >= 4 is 10.9 Å². The van der Waals surface area contributed by atoms with Gasteiger partial charge in [-0.15, -0.1) is 0 Å². The summed E-state index contributed by atoms with van der Waals surface area (Å²) in [6.45, 7) is 1.79. The molecule has 0 bridgehead atoms. The van der Waals surface area contributed by atoms with Gasteiger partial charge in [-0.25, -0.2) is 22.0 Å². The summed E-state index contributed by atoms with van der Waals surface area (Å²) < 4.78 is 76.1.